The van der Waals surface area contributed by atoms with Crippen LogP contribution >= 0.6 is 0 Å². The maximum atomic E-state index is 6.00. The van der Waals surface area contributed by atoms with E-state index in [0.29, 0.717) is 5.41 Å². The minimum atomic E-state index is 0.323. The van der Waals surface area contributed by atoms with E-state index in [0.717, 1.165) is 25.4 Å². The maximum absolute atomic E-state index is 6.00. The molecule has 1 aromatic rings. The lowest BCUT2D eigenvalue weighted by Gasteiger charge is -2.31. The van der Waals surface area contributed by atoms with Crippen molar-refractivity contribution in [3.05, 3.63) is 24.2 Å². The van der Waals surface area contributed by atoms with E-state index in [9.17, 15) is 0 Å². The highest BCUT2D eigenvalue weighted by atomic mass is 16.3. The molecule has 1 saturated carbocycles. The standard InChI is InChI=1S/C14H24N2O/c15-11-14(7-3-1-2-4-8-14)12-16-10-13-6-5-9-17-13/h5-6,9,16H,1-4,7-8,10-12,15H2. The predicted molar refractivity (Wildman–Crippen MR) is 69.6 cm³/mol. The molecule has 0 spiro atoms. The third kappa shape index (κ3) is 3.58. The van der Waals surface area contributed by atoms with Gasteiger partial charge < -0.3 is 15.5 Å². The molecule has 0 atom stereocenters. The molecule has 3 N–H and O–H groups in total. The van der Waals surface area contributed by atoms with Crippen molar-refractivity contribution in [3.63, 3.8) is 0 Å². The van der Waals surface area contributed by atoms with Gasteiger partial charge in [-0.3, -0.25) is 0 Å². The molecule has 96 valence electrons. The Morgan fingerprint density at radius 1 is 1.24 bits per heavy atom. The van der Waals surface area contributed by atoms with Crippen LogP contribution in [0.2, 0.25) is 0 Å². The van der Waals surface area contributed by atoms with Crippen LogP contribution in [0.25, 0.3) is 0 Å². The van der Waals surface area contributed by atoms with Crippen LogP contribution in [0.5, 0.6) is 0 Å². The summed E-state index contributed by atoms with van der Waals surface area (Å²) in [6.07, 6.45) is 9.68. The molecule has 0 aliphatic heterocycles. The van der Waals surface area contributed by atoms with Gasteiger partial charge in [-0.1, -0.05) is 25.7 Å². The lowest BCUT2D eigenvalue weighted by molar-refractivity contribution is 0.239. The SMILES string of the molecule is NCC1(CNCc2ccco2)CCCCCC1. The highest BCUT2D eigenvalue weighted by molar-refractivity contribution is 4.98. The fourth-order valence-corrected chi connectivity index (χ4v) is 2.80. The number of furan rings is 1. The molecule has 3 nitrogen and oxygen atoms in total. The smallest absolute Gasteiger partial charge is 0.117 e. The topological polar surface area (TPSA) is 51.2 Å². The van der Waals surface area contributed by atoms with E-state index < -0.39 is 0 Å². The van der Waals surface area contributed by atoms with E-state index in [1.54, 1.807) is 6.26 Å². The minimum Gasteiger partial charge on any atom is -0.468 e. The third-order valence-corrected chi connectivity index (χ3v) is 3.98. The van der Waals surface area contributed by atoms with Crippen LogP contribution in [-0.2, 0) is 6.54 Å². The highest BCUT2D eigenvalue weighted by Gasteiger charge is 2.28. The van der Waals surface area contributed by atoms with Gasteiger partial charge in [0.15, 0.2) is 0 Å². The zero-order chi connectivity index (χ0) is 12.0. The fourth-order valence-electron chi connectivity index (χ4n) is 2.80. The highest BCUT2D eigenvalue weighted by Crippen LogP contribution is 2.33. The first-order valence-corrected chi connectivity index (χ1v) is 6.78. The van der Waals surface area contributed by atoms with Gasteiger partial charge in [-0.25, -0.2) is 0 Å². The van der Waals surface area contributed by atoms with E-state index in [2.05, 4.69) is 5.32 Å². The summed E-state index contributed by atoms with van der Waals surface area (Å²) in [7, 11) is 0. The molecule has 2 rings (SSSR count). The van der Waals surface area contributed by atoms with Gasteiger partial charge in [-0.15, -0.1) is 0 Å². The van der Waals surface area contributed by atoms with Crippen molar-refractivity contribution in [1.29, 1.82) is 0 Å². The Hall–Kier alpha value is -0.800. The van der Waals surface area contributed by atoms with Gasteiger partial charge in [0.05, 0.1) is 12.8 Å². The van der Waals surface area contributed by atoms with Crippen molar-refractivity contribution in [2.45, 2.75) is 45.1 Å². The van der Waals surface area contributed by atoms with E-state index in [-0.39, 0.29) is 0 Å². The van der Waals surface area contributed by atoms with Gasteiger partial charge >= 0.3 is 0 Å². The van der Waals surface area contributed by atoms with Crippen LogP contribution in [-0.4, -0.2) is 13.1 Å². The molecule has 1 fully saturated rings. The Morgan fingerprint density at radius 3 is 2.59 bits per heavy atom. The van der Waals surface area contributed by atoms with E-state index in [1.165, 1.54) is 38.5 Å². The first-order chi connectivity index (χ1) is 8.35. The van der Waals surface area contributed by atoms with Crippen LogP contribution in [0.4, 0.5) is 0 Å². The summed E-state index contributed by atoms with van der Waals surface area (Å²) in [5, 5.41) is 3.50. The van der Waals surface area contributed by atoms with Crippen LogP contribution < -0.4 is 11.1 Å². The average Bonchev–Trinajstić information content (AvgIpc) is 2.75. The number of rotatable bonds is 5. The third-order valence-electron chi connectivity index (χ3n) is 3.98. The quantitative estimate of drug-likeness (QED) is 0.773. The summed E-state index contributed by atoms with van der Waals surface area (Å²) >= 11 is 0. The first-order valence-electron chi connectivity index (χ1n) is 6.78. The molecule has 0 radical (unpaired) electrons. The van der Waals surface area contributed by atoms with Crippen molar-refractivity contribution >= 4 is 0 Å². The fraction of sp³-hybridized carbons (Fsp3) is 0.714. The Morgan fingerprint density at radius 2 is 2.00 bits per heavy atom. The molecule has 0 bridgehead atoms. The summed E-state index contributed by atoms with van der Waals surface area (Å²) in [5.41, 5.74) is 6.33. The van der Waals surface area contributed by atoms with Crippen molar-refractivity contribution in [1.82, 2.24) is 5.32 Å². The zero-order valence-electron chi connectivity index (χ0n) is 10.6. The molecule has 1 aliphatic carbocycles. The average molecular weight is 236 g/mol. The van der Waals surface area contributed by atoms with Gasteiger partial charge in [0, 0.05) is 6.54 Å². The summed E-state index contributed by atoms with van der Waals surface area (Å²) in [6.45, 7) is 2.64. The molecular formula is C14H24N2O. The van der Waals surface area contributed by atoms with Gasteiger partial charge in [0.1, 0.15) is 5.76 Å². The Labute approximate surface area is 104 Å². The summed E-state index contributed by atoms with van der Waals surface area (Å²) in [5.74, 6) is 1.01. The van der Waals surface area contributed by atoms with E-state index in [1.807, 2.05) is 12.1 Å². The molecule has 1 heterocycles. The van der Waals surface area contributed by atoms with Crippen molar-refractivity contribution in [2.75, 3.05) is 13.1 Å². The number of nitrogens with one attached hydrogen (secondary N) is 1. The molecule has 0 unspecified atom stereocenters. The Bertz CT molecular complexity index is 300. The molecule has 3 heteroatoms. The van der Waals surface area contributed by atoms with Crippen LogP contribution in [0.15, 0.2) is 22.8 Å². The number of hydrogen-bond acceptors (Lipinski definition) is 3. The molecule has 0 amide bonds. The van der Waals surface area contributed by atoms with E-state index in [4.69, 9.17) is 10.2 Å². The molecule has 17 heavy (non-hydrogen) atoms. The maximum Gasteiger partial charge on any atom is 0.117 e. The monoisotopic (exact) mass is 236 g/mol. The van der Waals surface area contributed by atoms with Crippen LogP contribution in [0, 0.1) is 5.41 Å². The lowest BCUT2D eigenvalue weighted by atomic mass is 9.80. The second kappa shape index (κ2) is 6.22. The Balaban J connectivity index is 1.81. The summed E-state index contributed by atoms with van der Waals surface area (Å²) < 4.78 is 5.32. The van der Waals surface area contributed by atoms with E-state index >= 15 is 0 Å². The Kier molecular flexibility index (Phi) is 4.63. The van der Waals surface area contributed by atoms with Crippen molar-refractivity contribution in [2.24, 2.45) is 11.1 Å². The number of nitrogens with two attached hydrogens (primary N) is 1. The zero-order valence-corrected chi connectivity index (χ0v) is 10.6. The predicted octanol–water partition coefficient (Wildman–Crippen LogP) is 2.67. The first kappa shape index (κ1) is 12.7. The van der Waals surface area contributed by atoms with Gasteiger partial charge in [0.2, 0.25) is 0 Å². The summed E-state index contributed by atoms with van der Waals surface area (Å²) in [4.78, 5) is 0. The molecule has 0 saturated heterocycles. The largest absolute Gasteiger partial charge is 0.468 e. The summed E-state index contributed by atoms with van der Waals surface area (Å²) in [6, 6.07) is 3.94. The van der Waals surface area contributed by atoms with Crippen LogP contribution in [0.3, 0.4) is 0 Å². The second-order valence-electron chi connectivity index (χ2n) is 5.30. The molecule has 1 aliphatic rings. The van der Waals surface area contributed by atoms with Gasteiger partial charge in [-0.05, 0) is 36.9 Å². The minimum absolute atomic E-state index is 0.323. The second-order valence-corrected chi connectivity index (χ2v) is 5.30. The van der Waals surface area contributed by atoms with Crippen molar-refractivity contribution in [3.8, 4) is 0 Å². The lowest BCUT2D eigenvalue weighted by Crippen LogP contribution is -2.39. The van der Waals surface area contributed by atoms with Gasteiger partial charge in [-0.2, -0.15) is 0 Å². The van der Waals surface area contributed by atoms with Gasteiger partial charge in [0.25, 0.3) is 0 Å². The molecule has 0 aromatic carbocycles. The molecule has 1 aromatic heterocycles. The van der Waals surface area contributed by atoms with Crippen LogP contribution in [0.1, 0.15) is 44.3 Å². The molecular weight excluding hydrogens is 212 g/mol. The number of hydrogen-bond donors (Lipinski definition) is 2. The normalized spacial score (nSPS) is 20.1. The van der Waals surface area contributed by atoms with Crippen molar-refractivity contribution < 1.29 is 4.42 Å².